The number of amidine groups is 1. The monoisotopic (exact) mass is 420 g/mol. The van der Waals surface area contributed by atoms with E-state index in [1.54, 1.807) is 4.90 Å². The molecule has 1 amide bonds. The van der Waals surface area contributed by atoms with Crippen molar-refractivity contribution in [2.45, 2.75) is 51.4 Å². The third-order valence-electron chi connectivity index (χ3n) is 4.73. The van der Waals surface area contributed by atoms with Gasteiger partial charge in [-0.3, -0.25) is 14.5 Å². The quantitative estimate of drug-likeness (QED) is 0.362. The summed E-state index contributed by atoms with van der Waals surface area (Å²) in [4.78, 5) is 15.8. The molecular weight excluding hydrogens is 388 g/mol. The minimum Gasteiger partial charge on any atom is -0.444 e. The van der Waals surface area contributed by atoms with Gasteiger partial charge >= 0.3 is 6.09 Å². The molecule has 0 aromatic rings. The Balaban J connectivity index is 1.90. The van der Waals surface area contributed by atoms with Gasteiger partial charge in [0, 0.05) is 19.6 Å². The normalized spacial score (nSPS) is 23.6. The van der Waals surface area contributed by atoms with Crippen LogP contribution in [0.5, 0.6) is 0 Å². The Morgan fingerprint density at radius 2 is 1.93 bits per heavy atom. The number of piperidine rings is 1. The average Bonchev–Trinajstić information content (AvgIpc) is 2.99. The van der Waals surface area contributed by atoms with Gasteiger partial charge in [0.1, 0.15) is 18.2 Å². The Kier molecular flexibility index (Phi) is 7.29. The van der Waals surface area contributed by atoms with E-state index < -0.39 is 21.8 Å². The molecular formula is C17H32N4O6S. The Morgan fingerprint density at radius 3 is 2.43 bits per heavy atom. The summed E-state index contributed by atoms with van der Waals surface area (Å²) in [6.45, 7) is 7.22. The summed E-state index contributed by atoms with van der Waals surface area (Å²) in [7, 11) is -3.53. The third kappa shape index (κ3) is 6.87. The molecule has 0 bridgehead atoms. The second kappa shape index (κ2) is 8.93. The fourth-order valence-electron chi connectivity index (χ4n) is 3.54. The maximum atomic E-state index is 12.2. The molecule has 0 aromatic heterocycles. The summed E-state index contributed by atoms with van der Waals surface area (Å²) < 4.78 is 38.1. The Morgan fingerprint density at radius 1 is 1.32 bits per heavy atom. The van der Waals surface area contributed by atoms with E-state index in [1.165, 1.54) is 0 Å². The molecule has 2 atom stereocenters. The lowest BCUT2D eigenvalue weighted by Gasteiger charge is -2.39. The van der Waals surface area contributed by atoms with Crippen molar-refractivity contribution in [1.29, 1.82) is 5.41 Å². The van der Waals surface area contributed by atoms with Crippen molar-refractivity contribution in [3.63, 3.8) is 0 Å². The highest BCUT2D eigenvalue weighted by molar-refractivity contribution is 7.85. The summed E-state index contributed by atoms with van der Waals surface area (Å²) in [5.41, 5.74) is 5.33. The first-order valence-corrected chi connectivity index (χ1v) is 11.2. The number of nitrogens with zero attached hydrogens (tertiary/aromatic N) is 2. The van der Waals surface area contributed by atoms with E-state index >= 15 is 0 Å². The number of nitrogens with two attached hydrogens (primary N) is 1. The van der Waals surface area contributed by atoms with Gasteiger partial charge in [-0.2, -0.15) is 8.42 Å². The maximum absolute atomic E-state index is 12.2. The first kappa shape index (κ1) is 22.9. The van der Waals surface area contributed by atoms with Gasteiger partial charge in [-0.25, -0.2) is 4.79 Å². The number of carbonyl (C=O) groups excluding carboxylic acids is 1. The molecule has 2 rings (SSSR count). The van der Waals surface area contributed by atoms with E-state index in [9.17, 15) is 13.2 Å². The predicted octanol–water partition coefficient (Wildman–Crippen LogP) is 0.573. The van der Waals surface area contributed by atoms with Crippen molar-refractivity contribution < 1.29 is 26.9 Å². The number of likely N-dealkylation sites (tertiary alicyclic amines) is 1. The zero-order chi connectivity index (χ0) is 21.1. The molecule has 3 N–H and O–H groups in total. The summed E-state index contributed by atoms with van der Waals surface area (Å²) in [6, 6.07) is -0.316. The van der Waals surface area contributed by atoms with Crippen LogP contribution < -0.4 is 5.73 Å². The van der Waals surface area contributed by atoms with E-state index in [2.05, 4.69) is 0 Å². The van der Waals surface area contributed by atoms with Crippen molar-refractivity contribution in [3.8, 4) is 0 Å². The highest BCUT2D eigenvalue weighted by atomic mass is 32.2. The van der Waals surface area contributed by atoms with Crippen LogP contribution in [0, 0.1) is 11.3 Å². The van der Waals surface area contributed by atoms with Gasteiger partial charge in [0.2, 0.25) is 0 Å². The standard InChI is InChI=1S/C17H32N4O6S/c1-17(2,3)27-16(22)20-7-5-12(6-8-20)14(15(18)19)21-9-13(25-11-21)10-26-28(4,23)24/h12-14H,5-11H2,1-4H3,(H3,18,19). The molecule has 2 fully saturated rings. The van der Waals surface area contributed by atoms with Crippen LogP contribution in [0.2, 0.25) is 0 Å². The molecule has 2 aliphatic heterocycles. The second-order valence-electron chi connectivity index (χ2n) is 8.38. The number of hydrogen-bond donors (Lipinski definition) is 2. The molecule has 2 unspecified atom stereocenters. The van der Waals surface area contributed by atoms with Crippen LogP contribution in [0.1, 0.15) is 33.6 Å². The van der Waals surface area contributed by atoms with Gasteiger partial charge < -0.3 is 20.1 Å². The Hall–Kier alpha value is -1.43. The van der Waals surface area contributed by atoms with Crippen molar-refractivity contribution in [2.24, 2.45) is 11.7 Å². The maximum Gasteiger partial charge on any atom is 0.410 e. The molecule has 162 valence electrons. The van der Waals surface area contributed by atoms with Gasteiger partial charge in [0.15, 0.2) is 0 Å². The average molecular weight is 421 g/mol. The second-order valence-corrected chi connectivity index (χ2v) is 10.0. The molecule has 10 nitrogen and oxygen atoms in total. The van der Waals surface area contributed by atoms with Crippen molar-refractivity contribution >= 4 is 22.0 Å². The van der Waals surface area contributed by atoms with E-state index in [0.29, 0.717) is 32.5 Å². The highest BCUT2D eigenvalue weighted by Gasteiger charge is 2.38. The lowest BCUT2D eigenvalue weighted by molar-refractivity contribution is 0.0139. The molecule has 2 aliphatic rings. The first-order chi connectivity index (χ1) is 12.9. The molecule has 0 radical (unpaired) electrons. The van der Waals surface area contributed by atoms with Crippen LogP contribution in [0.25, 0.3) is 0 Å². The Labute approximate surface area is 166 Å². The summed E-state index contributed by atoms with van der Waals surface area (Å²) >= 11 is 0. The van der Waals surface area contributed by atoms with Gasteiger partial charge in [-0.1, -0.05) is 0 Å². The first-order valence-electron chi connectivity index (χ1n) is 9.37. The molecule has 28 heavy (non-hydrogen) atoms. The van der Waals surface area contributed by atoms with Crippen LogP contribution in [0.4, 0.5) is 4.79 Å². The third-order valence-corrected chi connectivity index (χ3v) is 5.30. The van der Waals surface area contributed by atoms with Gasteiger partial charge in [0.05, 0.1) is 25.0 Å². The van der Waals surface area contributed by atoms with Crippen molar-refractivity contribution in [3.05, 3.63) is 0 Å². The van der Waals surface area contributed by atoms with Gasteiger partial charge in [0.25, 0.3) is 10.1 Å². The van der Waals surface area contributed by atoms with Crippen molar-refractivity contribution in [1.82, 2.24) is 9.80 Å². The molecule has 0 saturated carbocycles. The van der Waals surface area contributed by atoms with E-state index in [4.69, 9.17) is 24.8 Å². The number of carbonyl (C=O) groups is 1. The zero-order valence-electron chi connectivity index (χ0n) is 17.0. The van der Waals surface area contributed by atoms with Crippen LogP contribution >= 0.6 is 0 Å². The van der Waals surface area contributed by atoms with Gasteiger partial charge in [-0.15, -0.1) is 0 Å². The SMILES string of the molecule is CC(C)(C)OC(=O)N1CCC(C(C(=N)N)N2COC(COS(C)(=O)=O)C2)CC1. The number of amides is 1. The van der Waals surface area contributed by atoms with Crippen molar-refractivity contribution in [2.75, 3.05) is 39.2 Å². The molecule has 11 heteroatoms. The van der Waals surface area contributed by atoms with Crippen LogP contribution in [-0.2, 0) is 23.8 Å². The van der Waals surface area contributed by atoms with Crippen LogP contribution in [0.15, 0.2) is 0 Å². The van der Waals surface area contributed by atoms with Crippen LogP contribution in [-0.4, -0.2) is 87.1 Å². The number of rotatable bonds is 6. The largest absolute Gasteiger partial charge is 0.444 e. The smallest absolute Gasteiger partial charge is 0.410 e. The molecule has 0 spiro atoms. The fourth-order valence-corrected chi connectivity index (χ4v) is 3.93. The summed E-state index contributed by atoms with van der Waals surface area (Å²) in [5.74, 6) is 0.151. The lowest BCUT2D eigenvalue weighted by Crippen LogP contribution is -2.52. The summed E-state index contributed by atoms with van der Waals surface area (Å²) in [6.07, 6.45) is 1.68. The Bertz CT molecular complexity index is 670. The van der Waals surface area contributed by atoms with E-state index in [0.717, 1.165) is 6.26 Å². The molecule has 2 saturated heterocycles. The van der Waals surface area contributed by atoms with Gasteiger partial charge in [-0.05, 0) is 39.5 Å². The number of ether oxygens (including phenoxy) is 2. The minimum atomic E-state index is -3.53. The molecule has 0 aliphatic carbocycles. The lowest BCUT2D eigenvalue weighted by atomic mass is 9.88. The van der Waals surface area contributed by atoms with Crippen LogP contribution in [0.3, 0.4) is 0 Å². The molecule has 2 heterocycles. The number of hydrogen-bond acceptors (Lipinski definition) is 8. The fraction of sp³-hybridized carbons (Fsp3) is 0.882. The molecule has 0 aromatic carbocycles. The topological polar surface area (TPSA) is 135 Å². The highest BCUT2D eigenvalue weighted by Crippen LogP contribution is 2.27. The number of nitrogens with one attached hydrogen (secondary N) is 1. The minimum absolute atomic E-state index is 0.0454. The zero-order valence-corrected chi connectivity index (χ0v) is 17.8. The summed E-state index contributed by atoms with van der Waals surface area (Å²) in [5, 5.41) is 8.02. The van der Waals surface area contributed by atoms with E-state index in [1.807, 2.05) is 25.7 Å². The predicted molar refractivity (Wildman–Crippen MR) is 103 cm³/mol. The van der Waals surface area contributed by atoms with E-state index in [-0.39, 0.29) is 37.2 Å².